The molecular formula is C28H46N4O2. The molecule has 1 heterocycles. The maximum atomic E-state index is 9.92. The van der Waals surface area contributed by atoms with E-state index < -0.39 is 6.03 Å². The number of carbonyl (C=O) groups excluding carboxylic acids is 2. The highest BCUT2D eigenvalue weighted by Gasteiger charge is 2.04. The van der Waals surface area contributed by atoms with Gasteiger partial charge < -0.3 is 21.7 Å². The van der Waals surface area contributed by atoms with Gasteiger partial charge in [0.05, 0.1) is 0 Å². The maximum absolute atomic E-state index is 9.92. The van der Waals surface area contributed by atoms with Crippen LogP contribution in [-0.2, 0) is 11.2 Å². The van der Waals surface area contributed by atoms with Crippen LogP contribution in [0.25, 0.3) is 0 Å². The normalized spacial score (nSPS) is 13.1. The fourth-order valence-electron chi connectivity index (χ4n) is 3.23. The summed E-state index contributed by atoms with van der Waals surface area (Å²) in [6.45, 7) is 7.43. The molecule has 0 spiro atoms. The summed E-state index contributed by atoms with van der Waals surface area (Å²) in [6, 6.07) is 20.2. The van der Waals surface area contributed by atoms with Crippen LogP contribution in [0, 0.1) is 0 Å². The van der Waals surface area contributed by atoms with Gasteiger partial charge in [0, 0.05) is 24.8 Å². The molecule has 0 aromatic heterocycles. The molecule has 6 nitrogen and oxygen atoms in total. The van der Waals surface area contributed by atoms with E-state index in [4.69, 9.17) is 5.73 Å². The Morgan fingerprint density at radius 2 is 1.41 bits per heavy atom. The molecule has 1 aliphatic heterocycles. The number of primary amides is 1. The number of nitrogens with two attached hydrogens (primary N) is 1. The van der Waals surface area contributed by atoms with Gasteiger partial charge >= 0.3 is 6.03 Å². The SMILES string of the molecule is C1CCCCC1.CC(C)NC(N)=O.CCNC=O.c1ccc2c(c1)CCCN2.c1ccccc1. The molecular weight excluding hydrogens is 424 g/mol. The summed E-state index contributed by atoms with van der Waals surface area (Å²) in [7, 11) is 0. The average molecular weight is 471 g/mol. The molecule has 0 bridgehead atoms. The largest absolute Gasteiger partial charge is 0.385 e. The van der Waals surface area contributed by atoms with Gasteiger partial charge in [-0.2, -0.15) is 0 Å². The van der Waals surface area contributed by atoms with Gasteiger partial charge in [-0.25, -0.2) is 4.79 Å². The van der Waals surface area contributed by atoms with Gasteiger partial charge in [0.15, 0.2) is 0 Å². The second-order valence-corrected chi connectivity index (χ2v) is 8.30. The van der Waals surface area contributed by atoms with Crippen LogP contribution in [0.1, 0.15) is 71.3 Å². The summed E-state index contributed by atoms with van der Waals surface area (Å²) in [5.41, 5.74) is 7.54. The Hall–Kier alpha value is -3.02. The standard InChI is InChI=1S/C9H11N.C6H12.C6H6.C4H10N2O.C3H7NO/c1-2-6-9-8(4-1)5-3-7-10-9;2*1-2-4-6-5-3-1;1-3(2)6-4(5)7;1-2-4-3-5/h1-2,4,6,10H,3,5,7H2;1-6H2;1-6H;3H,1-2H3,(H3,5,6,7);3H,2H2,1H3,(H,4,5). The fraction of sp³-hybridized carbons (Fsp3) is 0.500. The van der Waals surface area contributed by atoms with Crippen molar-refractivity contribution in [1.29, 1.82) is 0 Å². The molecule has 6 heteroatoms. The zero-order valence-corrected chi connectivity index (χ0v) is 21.4. The highest BCUT2D eigenvalue weighted by Crippen LogP contribution is 2.20. The number of hydrogen-bond acceptors (Lipinski definition) is 3. The van der Waals surface area contributed by atoms with Gasteiger partial charge in [0.25, 0.3) is 0 Å². The van der Waals surface area contributed by atoms with Gasteiger partial charge in [-0.15, -0.1) is 0 Å². The number of anilines is 1. The number of amides is 3. The molecule has 3 amide bonds. The van der Waals surface area contributed by atoms with E-state index in [9.17, 15) is 9.59 Å². The van der Waals surface area contributed by atoms with Gasteiger partial charge in [-0.3, -0.25) is 4.79 Å². The predicted octanol–water partition coefficient (Wildman–Crippen LogP) is 5.89. The second kappa shape index (κ2) is 23.1. The monoisotopic (exact) mass is 470 g/mol. The van der Waals surface area contributed by atoms with Crippen molar-refractivity contribution in [2.75, 3.05) is 18.4 Å². The van der Waals surface area contributed by atoms with Gasteiger partial charge in [0.2, 0.25) is 6.41 Å². The third-order valence-corrected chi connectivity index (χ3v) is 4.84. The van der Waals surface area contributed by atoms with E-state index in [0.29, 0.717) is 6.41 Å². The third-order valence-electron chi connectivity index (χ3n) is 4.84. The lowest BCUT2D eigenvalue weighted by atomic mass is 10.0. The van der Waals surface area contributed by atoms with Crippen LogP contribution in [-0.4, -0.2) is 31.6 Å². The minimum atomic E-state index is -0.463. The Bertz CT molecular complexity index is 656. The minimum absolute atomic E-state index is 0.150. The number of benzene rings is 2. The molecule has 5 N–H and O–H groups in total. The van der Waals surface area contributed by atoms with Crippen molar-refractivity contribution < 1.29 is 9.59 Å². The summed E-state index contributed by atoms with van der Waals surface area (Å²) < 4.78 is 0. The first-order chi connectivity index (χ1) is 16.5. The number of fused-ring (bicyclic) bond motifs is 1. The van der Waals surface area contributed by atoms with Crippen LogP contribution in [0.2, 0.25) is 0 Å². The summed E-state index contributed by atoms with van der Waals surface area (Å²) in [6.07, 6.45) is 12.2. The number of para-hydroxylation sites is 1. The minimum Gasteiger partial charge on any atom is -0.385 e. The number of rotatable bonds is 3. The molecule has 0 radical (unpaired) electrons. The van der Waals surface area contributed by atoms with Crippen molar-refractivity contribution in [2.24, 2.45) is 5.73 Å². The Kier molecular flexibility index (Phi) is 21.1. The quantitative estimate of drug-likeness (QED) is 0.421. The van der Waals surface area contributed by atoms with Crippen LogP contribution in [0.5, 0.6) is 0 Å². The average Bonchev–Trinajstić information content (AvgIpc) is 2.87. The van der Waals surface area contributed by atoms with Crippen LogP contribution in [0.3, 0.4) is 0 Å². The van der Waals surface area contributed by atoms with Crippen molar-refractivity contribution in [1.82, 2.24) is 10.6 Å². The summed E-state index contributed by atoms with van der Waals surface area (Å²) in [5.74, 6) is 0. The Balaban J connectivity index is 0.000000412. The van der Waals surface area contributed by atoms with Crippen molar-refractivity contribution in [3.63, 3.8) is 0 Å². The van der Waals surface area contributed by atoms with Crippen molar-refractivity contribution in [3.05, 3.63) is 66.2 Å². The van der Waals surface area contributed by atoms with E-state index in [0.717, 1.165) is 13.1 Å². The van der Waals surface area contributed by atoms with Gasteiger partial charge in [-0.1, -0.05) is 93.1 Å². The molecule has 1 fully saturated rings. The molecule has 2 aromatic carbocycles. The Labute approximate surface area is 207 Å². The van der Waals surface area contributed by atoms with Crippen molar-refractivity contribution >= 4 is 18.1 Å². The molecule has 0 atom stereocenters. The predicted molar refractivity (Wildman–Crippen MR) is 145 cm³/mol. The molecule has 0 saturated heterocycles. The molecule has 2 aliphatic rings. The first-order valence-electron chi connectivity index (χ1n) is 12.6. The first-order valence-corrected chi connectivity index (χ1v) is 12.6. The van der Waals surface area contributed by atoms with E-state index in [1.165, 1.54) is 62.6 Å². The lowest BCUT2D eigenvalue weighted by Crippen LogP contribution is -2.34. The van der Waals surface area contributed by atoms with Gasteiger partial charge in [0.1, 0.15) is 0 Å². The zero-order chi connectivity index (χ0) is 25.3. The fourth-order valence-corrected chi connectivity index (χ4v) is 3.23. The van der Waals surface area contributed by atoms with Crippen molar-refractivity contribution in [2.45, 2.75) is 78.2 Å². The Morgan fingerprint density at radius 3 is 1.74 bits per heavy atom. The highest BCUT2D eigenvalue weighted by atomic mass is 16.2. The molecule has 1 aliphatic carbocycles. The summed E-state index contributed by atoms with van der Waals surface area (Å²) in [4.78, 5) is 19.2. The maximum Gasteiger partial charge on any atom is 0.312 e. The second-order valence-electron chi connectivity index (χ2n) is 8.30. The van der Waals surface area contributed by atoms with Crippen LogP contribution in [0.15, 0.2) is 60.7 Å². The van der Waals surface area contributed by atoms with E-state index in [1.54, 1.807) is 0 Å². The number of carbonyl (C=O) groups is 2. The lowest BCUT2D eigenvalue weighted by Gasteiger charge is -2.16. The first kappa shape index (κ1) is 31.0. The molecule has 4 rings (SSSR count). The van der Waals surface area contributed by atoms with Crippen LogP contribution < -0.4 is 21.7 Å². The number of hydrogen-bond donors (Lipinski definition) is 4. The molecule has 2 aromatic rings. The van der Waals surface area contributed by atoms with Crippen LogP contribution in [0.4, 0.5) is 10.5 Å². The van der Waals surface area contributed by atoms with E-state index >= 15 is 0 Å². The van der Waals surface area contributed by atoms with E-state index in [1.807, 2.05) is 57.2 Å². The molecule has 1 saturated carbocycles. The van der Waals surface area contributed by atoms with Gasteiger partial charge in [-0.05, 0) is 45.2 Å². The van der Waals surface area contributed by atoms with E-state index in [-0.39, 0.29) is 6.04 Å². The molecule has 34 heavy (non-hydrogen) atoms. The lowest BCUT2D eigenvalue weighted by molar-refractivity contribution is -0.109. The highest BCUT2D eigenvalue weighted by molar-refractivity contribution is 5.71. The zero-order valence-electron chi connectivity index (χ0n) is 21.4. The molecule has 190 valence electrons. The molecule has 0 unspecified atom stereocenters. The topological polar surface area (TPSA) is 96.2 Å². The van der Waals surface area contributed by atoms with E-state index in [2.05, 4.69) is 40.2 Å². The number of nitrogens with one attached hydrogen (secondary N) is 3. The van der Waals surface area contributed by atoms with Crippen molar-refractivity contribution in [3.8, 4) is 0 Å². The summed E-state index contributed by atoms with van der Waals surface area (Å²) in [5, 5.41) is 8.24. The Morgan fingerprint density at radius 1 is 0.912 bits per heavy atom. The number of aryl methyl sites for hydroxylation is 1. The number of urea groups is 1. The van der Waals surface area contributed by atoms with Crippen LogP contribution >= 0.6 is 0 Å². The third kappa shape index (κ3) is 20.9. The smallest absolute Gasteiger partial charge is 0.312 e. The summed E-state index contributed by atoms with van der Waals surface area (Å²) >= 11 is 0.